The van der Waals surface area contributed by atoms with Crippen molar-refractivity contribution in [2.24, 2.45) is 0 Å². The number of nitrogens with zero attached hydrogens (tertiary/aromatic N) is 1. The van der Waals surface area contributed by atoms with Gasteiger partial charge in [-0.1, -0.05) is 86.1 Å². The maximum atomic E-state index is 13.2. The molecule has 0 unspecified atom stereocenters. The highest BCUT2D eigenvalue weighted by molar-refractivity contribution is 9.11. The second-order valence-corrected chi connectivity index (χ2v) is 13.7. The van der Waals surface area contributed by atoms with Crippen molar-refractivity contribution in [2.45, 2.75) is 22.2 Å². The smallest absolute Gasteiger partial charge is 0.311 e. The van der Waals surface area contributed by atoms with Crippen LogP contribution in [0.25, 0.3) is 6.08 Å². The average molecular weight is 716 g/mol. The summed E-state index contributed by atoms with van der Waals surface area (Å²) in [6, 6.07) is 23.7. The average Bonchev–Trinajstić information content (AvgIpc) is 2.95. The zero-order valence-corrected chi connectivity index (χ0v) is 25.8. The first-order valence-electron chi connectivity index (χ1n) is 12.1. The largest absolute Gasteiger partial charge is 0.482 e. The highest BCUT2D eigenvalue weighted by Crippen LogP contribution is 2.41. The number of halogens is 2. The summed E-state index contributed by atoms with van der Waals surface area (Å²) < 4.78 is 33.4. The molecule has 12 heteroatoms. The summed E-state index contributed by atoms with van der Waals surface area (Å²) in [4.78, 5) is 25.2. The van der Waals surface area contributed by atoms with Crippen LogP contribution in [0.4, 0.5) is 11.4 Å². The van der Waals surface area contributed by atoms with E-state index in [1.165, 1.54) is 24.3 Å². The predicted molar refractivity (Wildman–Crippen MR) is 166 cm³/mol. The van der Waals surface area contributed by atoms with Gasteiger partial charge in [-0.15, -0.1) is 0 Å². The molecule has 5 rings (SSSR count). The van der Waals surface area contributed by atoms with Gasteiger partial charge in [-0.2, -0.15) is 0 Å². The molecule has 0 atom stereocenters. The van der Waals surface area contributed by atoms with Gasteiger partial charge in [0.25, 0.3) is 5.91 Å². The highest BCUT2D eigenvalue weighted by Gasteiger charge is 2.26. The zero-order valence-electron chi connectivity index (χ0n) is 21.0. The van der Waals surface area contributed by atoms with Crippen LogP contribution in [0.1, 0.15) is 16.7 Å². The van der Waals surface area contributed by atoms with E-state index in [4.69, 9.17) is 4.74 Å². The normalized spacial score (nSPS) is 13.9. The molecule has 0 spiro atoms. The number of nitrogens with one attached hydrogen (secondary N) is 1. The highest BCUT2D eigenvalue weighted by atomic mass is 79.9. The molecule has 0 saturated heterocycles. The van der Waals surface area contributed by atoms with Gasteiger partial charge in [-0.05, 0) is 59.2 Å². The van der Waals surface area contributed by atoms with E-state index in [9.17, 15) is 23.3 Å². The van der Waals surface area contributed by atoms with Gasteiger partial charge >= 0.3 is 5.69 Å². The van der Waals surface area contributed by atoms with Crippen LogP contribution in [0.3, 0.4) is 0 Å². The molecule has 0 fully saturated rings. The molecule has 8 nitrogen and oxygen atoms in total. The Morgan fingerprint density at radius 3 is 2.39 bits per heavy atom. The molecule has 0 aromatic heterocycles. The Morgan fingerprint density at radius 1 is 0.951 bits per heavy atom. The van der Waals surface area contributed by atoms with Gasteiger partial charge in [0.2, 0.25) is 0 Å². The number of nitro benzene ring substituents is 1. The molecular formula is C29H20Br2N2O6S2. The van der Waals surface area contributed by atoms with Crippen LogP contribution in [0.2, 0.25) is 0 Å². The number of carbonyl (C=O) groups excluding carboxylic acids is 1. The minimum Gasteiger partial charge on any atom is -0.482 e. The summed E-state index contributed by atoms with van der Waals surface area (Å²) in [6.45, 7) is 0.175. The number of benzene rings is 4. The molecule has 1 aliphatic rings. The second-order valence-electron chi connectivity index (χ2n) is 8.94. The van der Waals surface area contributed by atoms with Crippen LogP contribution in [-0.2, 0) is 27.0 Å². The predicted octanol–water partition coefficient (Wildman–Crippen LogP) is 7.76. The van der Waals surface area contributed by atoms with Gasteiger partial charge < -0.3 is 10.1 Å². The number of rotatable bonds is 8. The number of hydrogen-bond donors (Lipinski definition) is 1. The van der Waals surface area contributed by atoms with Crippen LogP contribution >= 0.6 is 43.6 Å². The second kappa shape index (κ2) is 12.2. The molecule has 1 heterocycles. The number of amides is 1. The first-order valence-corrected chi connectivity index (χ1v) is 16.1. The maximum absolute atomic E-state index is 13.2. The first-order chi connectivity index (χ1) is 19.6. The topological polar surface area (TPSA) is 116 Å². The lowest BCUT2D eigenvalue weighted by atomic mass is 10.1. The monoisotopic (exact) mass is 714 g/mol. The van der Waals surface area contributed by atoms with Crippen LogP contribution in [0.15, 0.2) is 109 Å². The fraction of sp³-hybridized carbons (Fsp3) is 0.0690. The number of thioether (sulfide) groups is 1. The third kappa shape index (κ3) is 6.72. The lowest BCUT2D eigenvalue weighted by molar-refractivity contribution is -0.386. The molecule has 0 aliphatic carbocycles. The third-order valence-electron chi connectivity index (χ3n) is 6.11. The molecule has 41 heavy (non-hydrogen) atoms. The van der Waals surface area contributed by atoms with E-state index in [1.807, 2.05) is 30.3 Å². The Balaban J connectivity index is 1.36. The number of fused-ring (bicyclic) bond motifs is 1. The number of hydrogen-bond acceptors (Lipinski definition) is 7. The van der Waals surface area contributed by atoms with Crippen molar-refractivity contribution in [3.8, 4) is 5.75 Å². The molecule has 1 amide bonds. The lowest BCUT2D eigenvalue weighted by Gasteiger charge is -2.20. The molecule has 1 N–H and O–H groups in total. The van der Waals surface area contributed by atoms with Crippen molar-refractivity contribution >= 4 is 76.8 Å². The van der Waals surface area contributed by atoms with Gasteiger partial charge in [-0.3, -0.25) is 14.9 Å². The molecule has 208 valence electrons. The van der Waals surface area contributed by atoms with E-state index in [1.54, 1.807) is 36.4 Å². The van der Waals surface area contributed by atoms with Crippen molar-refractivity contribution in [3.05, 3.63) is 126 Å². The van der Waals surface area contributed by atoms with E-state index in [0.29, 0.717) is 35.6 Å². The summed E-state index contributed by atoms with van der Waals surface area (Å²) in [5.74, 6) is -0.558. The lowest BCUT2D eigenvalue weighted by Crippen LogP contribution is -2.18. The van der Waals surface area contributed by atoms with E-state index >= 15 is 0 Å². The van der Waals surface area contributed by atoms with E-state index in [-0.39, 0.29) is 28.7 Å². The van der Waals surface area contributed by atoms with Crippen LogP contribution in [0, 0.1) is 10.1 Å². The zero-order chi connectivity index (χ0) is 29.1. The number of carbonyl (C=O) groups is 1. The number of ether oxygens (including phenoxy) is 1. The summed E-state index contributed by atoms with van der Waals surface area (Å²) in [6.07, 6.45) is 1.55. The van der Waals surface area contributed by atoms with Gasteiger partial charge in [0.1, 0.15) is 6.61 Å². The maximum Gasteiger partial charge on any atom is 0.311 e. The Labute approximate surface area is 257 Å². The van der Waals surface area contributed by atoms with Gasteiger partial charge in [0, 0.05) is 19.9 Å². The fourth-order valence-electron chi connectivity index (χ4n) is 4.05. The third-order valence-corrected chi connectivity index (χ3v) is 10.3. The molecular weight excluding hydrogens is 696 g/mol. The first kappa shape index (κ1) is 29.1. The Hall–Kier alpha value is -3.45. The van der Waals surface area contributed by atoms with Gasteiger partial charge in [0.05, 0.1) is 26.2 Å². The van der Waals surface area contributed by atoms with Gasteiger partial charge in [0.15, 0.2) is 15.6 Å². The molecule has 4 aromatic carbocycles. The number of anilines is 1. The number of sulfone groups is 1. The van der Waals surface area contributed by atoms with E-state index < -0.39 is 20.7 Å². The summed E-state index contributed by atoms with van der Waals surface area (Å²) in [5, 5.41) is 14.5. The van der Waals surface area contributed by atoms with Crippen molar-refractivity contribution in [1.29, 1.82) is 0 Å². The Bertz CT molecular complexity index is 1790. The minimum absolute atomic E-state index is 0.0777. The van der Waals surface area contributed by atoms with Crippen LogP contribution in [0.5, 0.6) is 5.75 Å². The van der Waals surface area contributed by atoms with Crippen molar-refractivity contribution < 1.29 is 22.9 Å². The Kier molecular flexibility index (Phi) is 8.64. The molecule has 0 bridgehead atoms. The molecule has 0 saturated carbocycles. The fourth-order valence-corrected chi connectivity index (χ4v) is 8.06. The van der Waals surface area contributed by atoms with Gasteiger partial charge in [-0.25, -0.2) is 8.42 Å². The van der Waals surface area contributed by atoms with Crippen LogP contribution < -0.4 is 10.1 Å². The standard InChI is InChI=1S/C29H20Br2N2O6S2/c30-22-7-4-8-23(31)21(22)17-41(37,38)20-10-12-27-24(15-20)32-29(34)28(40-27)14-19-9-11-26(25(13-19)33(35)36)39-16-18-5-2-1-3-6-18/h1-15H,16-17H2,(H,32,34)/b28-14-. The number of nitro groups is 1. The quantitative estimate of drug-likeness (QED) is 0.113. The summed E-state index contributed by atoms with van der Waals surface area (Å²) in [5.41, 5.74) is 2.07. The van der Waals surface area contributed by atoms with E-state index in [0.717, 1.165) is 17.3 Å². The van der Waals surface area contributed by atoms with Crippen molar-refractivity contribution in [2.75, 3.05) is 5.32 Å². The van der Waals surface area contributed by atoms with E-state index in [2.05, 4.69) is 37.2 Å². The SMILES string of the molecule is O=C1Nc2cc(S(=O)(=O)Cc3c(Br)cccc3Br)ccc2S/C1=C\c1ccc(OCc2ccccc2)c([N+](=O)[O-])c1. The van der Waals surface area contributed by atoms with Crippen LogP contribution in [-0.4, -0.2) is 19.2 Å². The minimum atomic E-state index is -3.72. The molecule has 1 aliphatic heterocycles. The summed E-state index contributed by atoms with van der Waals surface area (Å²) >= 11 is 7.96. The van der Waals surface area contributed by atoms with Crippen molar-refractivity contribution in [1.82, 2.24) is 0 Å². The molecule has 4 aromatic rings. The Morgan fingerprint density at radius 2 is 1.68 bits per heavy atom. The molecule has 0 radical (unpaired) electrons. The summed E-state index contributed by atoms with van der Waals surface area (Å²) in [7, 11) is -3.72. The van der Waals surface area contributed by atoms with Crippen molar-refractivity contribution in [3.63, 3.8) is 0 Å².